The number of aliphatic carboxylic acids is 1. The summed E-state index contributed by atoms with van der Waals surface area (Å²) >= 11 is 0. The second-order valence-electron chi connectivity index (χ2n) is 5.28. The molecule has 0 aromatic heterocycles. The minimum absolute atomic E-state index is 0.263. The van der Waals surface area contributed by atoms with E-state index in [1.54, 1.807) is 6.92 Å². The molecule has 0 spiro atoms. The average molecular weight is 226 g/mol. The Kier molecular flexibility index (Phi) is 3.50. The van der Waals surface area contributed by atoms with Gasteiger partial charge in [-0.15, -0.1) is 0 Å². The molecular formula is C12H22N2O2. The van der Waals surface area contributed by atoms with Crippen LogP contribution >= 0.6 is 0 Å². The lowest BCUT2D eigenvalue weighted by atomic mass is 10.0. The third kappa shape index (κ3) is 2.23. The highest BCUT2D eigenvalue weighted by Crippen LogP contribution is 2.30. The van der Waals surface area contributed by atoms with Gasteiger partial charge in [0.1, 0.15) is 0 Å². The highest BCUT2D eigenvalue weighted by atomic mass is 16.4. The Hall–Kier alpha value is -0.610. The first-order valence-electron chi connectivity index (χ1n) is 6.26. The van der Waals surface area contributed by atoms with Gasteiger partial charge in [-0.25, -0.2) is 0 Å². The maximum atomic E-state index is 10.8. The summed E-state index contributed by atoms with van der Waals surface area (Å²) in [5.41, 5.74) is 0. The number of fused-ring (bicyclic) bond motifs is 1. The molecule has 0 bridgehead atoms. The molecule has 2 fully saturated rings. The van der Waals surface area contributed by atoms with Crippen molar-refractivity contribution in [2.75, 3.05) is 26.7 Å². The Balaban J connectivity index is 1.89. The van der Waals surface area contributed by atoms with Crippen LogP contribution in [0.5, 0.6) is 0 Å². The van der Waals surface area contributed by atoms with Crippen molar-refractivity contribution in [1.82, 2.24) is 9.80 Å². The number of likely N-dealkylation sites (N-methyl/N-ethyl adjacent to an activating group) is 1. The average Bonchev–Trinajstić information content (AvgIpc) is 2.77. The van der Waals surface area contributed by atoms with Crippen LogP contribution in [0.1, 0.15) is 26.2 Å². The zero-order valence-electron chi connectivity index (χ0n) is 10.2. The molecule has 0 aromatic carbocycles. The summed E-state index contributed by atoms with van der Waals surface area (Å²) in [4.78, 5) is 15.7. The summed E-state index contributed by atoms with van der Waals surface area (Å²) < 4.78 is 0. The van der Waals surface area contributed by atoms with Gasteiger partial charge in [-0.05, 0) is 32.9 Å². The quantitative estimate of drug-likeness (QED) is 0.772. The predicted molar refractivity (Wildman–Crippen MR) is 62.4 cm³/mol. The van der Waals surface area contributed by atoms with Crippen molar-refractivity contribution in [3.8, 4) is 0 Å². The van der Waals surface area contributed by atoms with Gasteiger partial charge < -0.3 is 10.0 Å². The van der Waals surface area contributed by atoms with Crippen LogP contribution in [0.3, 0.4) is 0 Å². The molecule has 0 radical (unpaired) electrons. The fraction of sp³-hybridized carbons (Fsp3) is 0.917. The first-order valence-corrected chi connectivity index (χ1v) is 6.26. The zero-order chi connectivity index (χ0) is 11.7. The molecule has 4 heteroatoms. The van der Waals surface area contributed by atoms with Crippen LogP contribution < -0.4 is 0 Å². The molecular weight excluding hydrogens is 204 g/mol. The van der Waals surface area contributed by atoms with E-state index in [0.29, 0.717) is 18.6 Å². The van der Waals surface area contributed by atoms with Crippen LogP contribution in [-0.4, -0.2) is 59.6 Å². The fourth-order valence-electron chi connectivity index (χ4n) is 3.22. The van der Waals surface area contributed by atoms with E-state index in [-0.39, 0.29) is 5.92 Å². The molecule has 3 unspecified atom stereocenters. The summed E-state index contributed by atoms with van der Waals surface area (Å²) in [7, 11) is 2.08. The molecule has 2 rings (SSSR count). The standard InChI is InChI=1S/C12H22N2O2/c1-9(12(15)16)8-13(2)10-5-7-14-6-3-4-11(10)14/h9-11H,3-8H2,1-2H3,(H,15,16). The molecule has 0 amide bonds. The largest absolute Gasteiger partial charge is 0.481 e. The molecule has 16 heavy (non-hydrogen) atoms. The number of hydrogen-bond donors (Lipinski definition) is 1. The summed E-state index contributed by atoms with van der Waals surface area (Å²) in [6.45, 7) is 4.90. The number of carboxylic acid groups (broad SMARTS) is 1. The SMILES string of the molecule is CC(CN(C)C1CCN2CCCC12)C(=O)O. The van der Waals surface area contributed by atoms with E-state index in [1.807, 2.05) is 0 Å². The van der Waals surface area contributed by atoms with Gasteiger partial charge in [0, 0.05) is 25.2 Å². The smallest absolute Gasteiger partial charge is 0.307 e. The molecule has 0 saturated carbocycles. The van der Waals surface area contributed by atoms with Gasteiger partial charge in [-0.1, -0.05) is 6.92 Å². The minimum atomic E-state index is -0.687. The maximum Gasteiger partial charge on any atom is 0.307 e. The van der Waals surface area contributed by atoms with Crippen molar-refractivity contribution >= 4 is 5.97 Å². The second kappa shape index (κ2) is 4.72. The van der Waals surface area contributed by atoms with Gasteiger partial charge in [0.15, 0.2) is 0 Å². The third-order valence-electron chi connectivity index (χ3n) is 4.12. The van der Waals surface area contributed by atoms with Gasteiger partial charge >= 0.3 is 5.97 Å². The summed E-state index contributed by atoms with van der Waals surface area (Å²) in [5.74, 6) is -0.950. The monoisotopic (exact) mass is 226 g/mol. The lowest BCUT2D eigenvalue weighted by molar-refractivity contribution is -0.141. The predicted octanol–water partition coefficient (Wildman–Crippen LogP) is 0.876. The summed E-state index contributed by atoms with van der Waals surface area (Å²) in [5, 5.41) is 8.92. The van der Waals surface area contributed by atoms with Crippen molar-refractivity contribution < 1.29 is 9.90 Å². The van der Waals surface area contributed by atoms with Gasteiger partial charge in [-0.3, -0.25) is 9.69 Å². The Bertz CT molecular complexity index is 270. The van der Waals surface area contributed by atoms with Crippen molar-refractivity contribution in [2.24, 2.45) is 5.92 Å². The van der Waals surface area contributed by atoms with E-state index >= 15 is 0 Å². The van der Waals surface area contributed by atoms with E-state index in [1.165, 1.54) is 32.4 Å². The molecule has 92 valence electrons. The van der Waals surface area contributed by atoms with Gasteiger partial charge in [-0.2, -0.15) is 0 Å². The number of carboxylic acids is 1. The molecule has 0 aromatic rings. The molecule has 0 aliphatic carbocycles. The topological polar surface area (TPSA) is 43.8 Å². The van der Waals surface area contributed by atoms with E-state index in [9.17, 15) is 4.79 Å². The van der Waals surface area contributed by atoms with Crippen LogP contribution in [0, 0.1) is 5.92 Å². The molecule has 2 aliphatic heterocycles. The van der Waals surface area contributed by atoms with E-state index < -0.39 is 5.97 Å². The van der Waals surface area contributed by atoms with Crippen molar-refractivity contribution in [1.29, 1.82) is 0 Å². The lowest BCUT2D eigenvalue weighted by Crippen LogP contribution is -2.43. The maximum absolute atomic E-state index is 10.8. The molecule has 2 saturated heterocycles. The Morgan fingerprint density at radius 1 is 1.50 bits per heavy atom. The van der Waals surface area contributed by atoms with Crippen molar-refractivity contribution in [2.45, 2.75) is 38.3 Å². The van der Waals surface area contributed by atoms with Crippen LogP contribution in [0.4, 0.5) is 0 Å². The molecule has 3 atom stereocenters. The molecule has 2 aliphatic rings. The molecule has 2 heterocycles. The normalized spacial score (nSPS) is 31.9. The number of nitrogens with zero attached hydrogens (tertiary/aromatic N) is 2. The van der Waals surface area contributed by atoms with Crippen LogP contribution in [0.25, 0.3) is 0 Å². The lowest BCUT2D eigenvalue weighted by Gasteiger charge is -2.30. The zero-order valence-corrected chi connectivity index (χ0v) is 10.2. The highest BCUT2D eigenvalue weighted by molar-refractivity contribution is 5.69. The Morgan fingerprint density at radius 2 is 2.25 bits per heavy atom. The summed E-state index contributed by atoms with van der Waals surface area (Å²) in [6, 6.07) is 1.26. The van der Waals surface area contributed by atoms with Gasteiger partial charge in [0.05, 0.1) is 5.92 Å². The Labute approximate surface area is 97.2 Å². The van der Waals surface area contributed by atoms with E-state index in [2.05, 4.69) is 16.8 Å². The number of hydrogen-bond acceptors (Lipinski definition) is 3. The van der Waals surface area contributed by atoms with Crippen LogP contribution in [-0.2, 0) is 4.79 Å². The fourth-order valence-corrected chi connectivity index (χ4v) is 3.22. The minimum Gasteiger partial charge on any atom is -0.481 e. The summed E-state index contributed by atoms with van der Waals surface area (Å²) in [6.07, 6.45) is 3.80. The second-order valence-corrected chi connectivity index (χ2v) is 5.28. The van der Waals surface area contributed by atoms with Crippen LogP contribution in [0.2, 0.25) is 0 Å². The van der Waals surface area contributed by atoms with E-state index in [0.717, 1.165) is 0 Å². The van der Waals surface area contributed by atoms with Crippen LogP contribution in [0.15, 0.2) is 0 Å². The highest BCUT2D eigenvalue weighted by Gasteiger charge is 2.39. The van der Waals surface area contributed by atoms with E-state index in [4.69, 9.17) is 5.11 Å². The first-order chi connectivity index (χ1) is 7.59. The van der Waals surface area contributed by atoms with Crippen molar-refractivity contribution in [3.05, 3.63) is 0 Å². The first kappa shape index (κ1) is 11.9. The van der Waals surface area contributed by atoms with Crippen molar-refractivity contribution in [3.63, 3.8) is 0 Å². The van der Waals surface area contributed by atoms with Gasteiger partial charge in [0.2, 0.25) is 0 Å². The van der Waals surface area contributed by atoms with Gasteiger partial charge in [0.25, 0.3) is 0 Å². The number of carbonyl (C=O) groups is 1. The molecule has 4 nitrogen and oxygen atoms in total. The Morgan fingerprint density at radius 3 is 2.94 bits per heavy atom. The number of rotatable bonds is 4. The third-order valence-corrected chi connectivity index (χ3v) is 4.12. The molecule has 1 N–H and O–H groups in total.